The molecule has 0 saturated carbocycles. The second-order valence-corrected chi connectivity index (χ2v) is 15.9. The summed E-state index contributed by atoms with van der Waals surface area (Å²) in [4.78, 5) is 15.5. The smallest absolute Gasteiger partial charge is 0.435 e. The standard InChI is InChI=1S/C41H41F11N6O2.2C2H6/c1-4-26-28(42)12-11-24-7-5-8-27(30(24)26)33-32(43)34-31-29(55-33)19-22(2)9-10-23(3)53-16-17-54-35(31)57-36(56-34)59-21-37-14-6-18-58(37)25(13-15-37)20-60-38(39(44,45)46,40(47,48)49)41(50,51)52;2*1-2/h1,5,7-8,11-12,22-23,25,53H,6,9-10,13-21H2,2-3H3,(H,54,56,57);2*1-2H3/t22?,23-,25+,37?;;/m1../s1. The van der Waals surface area contributed by atoms with Gasteiger partial charge in [0, 0.05) is 36.1 Å². The van der Waals surface area contributed by atoms with Crippen LogP contribution in [0, 0.1) is 29.9 Å². The molecule has 8 nitrogen and oxygen atoms in total. The Morgan fingerprint density at radius 3 is 2.19 bits per heavy atom. The Labute approximate surface area is 365 Å². The average Bonchev–Trinajstić information content (AvgIpc) is 3.81. The second-order valence-electron chi connectivity index (χ2n) is 15.9. The lowest BCUT2D eigenvalue weighted by Crippen LogP contribution is -2.68. The zero-order valence-electron chi connectivity index (χ0n) is 36.4. The number of benzene rings is 2. The highest BCUT2D eigenvalue weighted by Crippen LogP contribution is 2.55. The van der Waals surface area contributed by atoms with Crippen LogP contribution < -0.4 is 15.4 Å². The van der Waals surface area contributed by atoms with E-state index in [0.29, 0.717) is 43.4 Å². The molecule has 2 aromatic carbocycles. The minimum atomic E-state index is -6.85. The molecule has 2 saturated heterocycles. The first kappa shape index (κ1) is 50.5. The van der Waals surface area contributed by atoms with Crippen LogP contribution in [0.25, 0.3) is 32.9 Å². The monoisotopic (exact) mass is 918 g/mol. The van der Waals surface area contributed by atoms with Gasteiger partial charge < -0.3 is 20.1 Å². The van der Waals surface area contributed by atoms with Gasteiger partial charge in [0.25, 0.3) is 0 Å². The fourth-order valence-corrected chi connectivity index (χ4v) is 8.94. The van der Waals surface area contributed by atoms with Crippen molar-refractivity contribution >= 4 is 27.5 Å². The molecule has 0 bridgehead atoms. The van der Waals surface area contributed by atoms with Crippen LogP contribution in [0.15, 0.2) is 30.3 Å². The number of nitrogens with zero attached hydrogens (tertiary/aromatic N) is 4. The molecule has 7 rings (SSSR count). The molecular weight excluding hydrogens is 866 g/mol. The van der Waals surface area contributed by atoms with Gasteiger partial charge in [0.05, 0.1) is 28.8 Å². The predicted molar refractivity (Wildman–Crippen MR) is 223 cm³/mol. The van der Waals surface area contributed by atoms with Crippen LogP contribution in [0.5, 0.6) is 6.01 Å². The maximum absolute atomic E-state index is 17.2. The van der Waals surface area contributed by atoms with Gasteiger partial charge in [0.2, 0.25) is 0 Å². The summed E-state index contributed by atoms with van der Waals surface area (Å²) in [7, 11) is 0. The van der Waals surface area contributed by atoms with Crippen molar-refractivity contribution in [2.75, 3.05) is 38.2 Å². The van der Waals surface area contributed by atoms with E-state index in [1.54, 1.807) is 18.2 Å². The van der Waals surface area contributed by atoms with Gasteiger partial charge in [-0.05, 0) is 75.8 Å². The third-order valence-corrected chi connectivity index (χ3v) is 12.0. The lowest BCUT2D eigenvalue weighted by atomic mass is 9.93. The molecule has 5 heterocycles. The summed E-state index contributed by atoms with van der Waals surface area (Å²) in [6.45, 7) is 11.2. The third kappa shape index (κ3) is 9.55. The zero-order valence-corrected chi connectivity index (χ0v) is 36.4. The van der Waals surface area contributed by atoms with Crippen molar-refractivity contribution in [1.29, 1.82) is 0 Å². The van der Waals surface area contributed by atoms with E-state index in [0.717, 1.165) is 12.8 Å². The van der Waals surface area contributed by atoms with E-state index in [-0.39, 0.29) is 82.9 Å². The first-order chi connectivity index (χ1) is 30.2. The van der Waals surface area contributed by atoms with Gasteiger partial charge in [-0.2, -0.15) is 49.5 Å². The highest BCUT2D eigenvalue weighted by atomic mass is 19.4. The van der Waals surface area contributed by atoms with Crippen molar-refractivity contribution in [3.63, 3.8) is 0 Å². The van der Waals surface area contributed by atoms with Gasteiger partial charge >= 0.3 is 30.1 Å². The van der Waals surface area contributed by atoms with E-state index in [2.05, 4.69) is 38.2 Å². The number of rotatable bonds is 7. The SMILES string of the molecule is C#Cc1c(F)ccc2cccc(-c3nc4c5c(nc(OCC67CCCN6[C@H](COC(C(F)(F)F)(C(F)(F)F)C(F)(F)F)CC7)nc5c3F)NCCN[C@H](C)CCC(C)C4)c12.CC.CC. The van der Waals surface area contributed by atoms with Gasteiger partial charge in [0.1, 0.15) is 29.5 Å². The lowest BCUT2D eigenvalue weighted by molar-refractivity contribution is -0.458. The van der Waals surface area contributed by atoms with E-state index in [9.17, 15) is 39.5 Å². The summed E-state index contributed by atoms with van der Waals surface area (Å²) < 4.78 is 165. The Morgan fingerprint density at radius 1 is 0.844 bits per heavy atom. The Morgan fingerprint density at radius 2 is 1.53 bits per heavy atom. The summed E-state index contributed by atoms with van der Waals surface area (Å²) in [5, 5.41) is 7.73. The highest BCUT2D eigenvalue weighted by molar-refractivity contribution is 6.02. The largest absolute Gasteiger partial charge is 0.461 e. The van der Waals surface area contributed by atoms with Crippen molar-refractivity contribution in [3.05, 3.63) is 53.2 Å². The molecule has 2 aromatic heterocycles. The van der Waals surface area contributed by atoms with Crippen molar-refractivity contribution in [3.8, 4) is 29.6 Å². The molecular formula is C45H53F11N6O2. The maximum Gasteiger partial charge on any atom is 0.435 e. The number of nitrogens with one attached hydrogen (secondary N) is 2. The summed E-state index contributed by atoms with van der Waals surface area (Å²) in [5.74, 6) is 1.03. The molecule has 0 radical (unpaired) electrons. The number of hydrogen-bond donors (Lipinski definition) is 2. The van der Waals surface area contributed by atoms with Crippen LogP contribution in [0.2, 0.25) is 0 Å². The number of halogens is 11. The Bertz CT molecular complexity index is 2260. The number of fused-ring (bicyclic) bond motifs is 2. The molecule has 4 atom stereocenters. The molecule has 2 unspecified atom stereocenters. The molecule has 64 heavy (non-hydrogen) atoms. The quantitative estimate of drug-likeness (QED) is 0.140. The van der Waals surface area contributed by atoms with Crippen molar-refractivity contribution in [2.24, 2.45) is 5.92 Å². The maximum atomic E-state index is 17.2. The molecule has 2 fully saturated rings. The molecule has 3 aliphatic rings. The number of aromatic nitrogens is 3. The van der Waals surface area contributed by atoms with Gasteiger partial charge in [0.15, 0.2) is 5.82 Å². The minimum absolute atomic E-state index is 0.0537. The number of hydrogen-bond acceptors (Lipinski definition) is 8. The summed E-state index contributed by atoms with van der Waals surface area (Å²) in [6.07, 6.45) is -12.0. The van der Waals surface area contributed by atoms with Crippen molar-refractivity contribution in [2.45, 2.75) is 128 Å². The molecule has 0 aliphatic carbocycles. The first-order valence-electron chi connectivity index (χ1n) is 21.5. The molecule has 352 valence electrons. The van der Waals surface area contributed by atoms with Crippen LogP contribution >= 0.6 is 0 Å². The molecule has 0 spiro atoms. The van der Waals surface area contributed by atoms with Crippen LogP contribution in [-0.4, -0.2) is 94.5 Å². The van der Waals surface area contributed by atoms with Crippen LogP contribution in [0.4, 0.5) is 54.1 Å². The van der Waals surface area contributed by atoms with E-state index >= 15 is 8.78 Å². The first-order valence-corrected chi connectivity index (χ1v) is 21.5. The summed E-state index contributed by atoms with van der Waals surface area (Å²) in [6, 6.07) is 6.27. The summed E-state index contributed by atoms with van der Waals surface area (Å²) >= 11 is 0. The zero-order chi connectivity index (χ0) is 47.4. The lowest BCUT2D eigenvalue weighted by Gasteiger charge is -2.40. The highest BCUT2D eigenvalue weighted by Gasteiger charge is 2.85. The topological polar surface area (TPSA) is 84.4 Å². The molecule has 4 aromatic rings. The van der Waals surface area contributed by atoms with Gasteiger partial charge in [-0.15, -0.1) is 6.42 Å². The average molecular weight is 919 g/mol. The van der Waals surface area contributed by atoms with Gasteiger partial charge in [-0.3, -0.25) is 4.90 Å². The Balaban J connectivity index is 0.00000187. The van der Waals surface area contributed by atoms with E-state index in [1.807, 2.05) is 34.6 Å². The molecule has 3 aliphatic heterocycles. The number of pyridine rings is 1. The number of ether oxygens (including phenoxy) is 2. The molecule has 2 N–H and O–H groups in total. The van der Waals surface area contributed by atoms with Gasteiger partial charge in [-0.25, -0.2) is 13.8 Å². The summed E-state index contributed by atoms with van der Waals surface area (Å²) in [5.41, 5.74) is -7.19. The molecule has 0 amide bonds. The number of terminal acetylenes is 1. The second kappa shape index (κ2) is 19.9. The Kier molecular flexibility index (Phi) is 15.7. The van der Waals surface area contributed by atoms with Gasteiger partial charge in [-0.1, -0.05) is 64.8 Å². The van der Waals surface area contributed by atoms with Crippen molar-refractivity contribution < 1.29 is 57.8 Å². The van der Waals surface area contributed by atoms with E-state index in [1.165, 1.54) is 17.0 Å². The van der Waals surface area contributed by atoms with Crippen LogP contribution in [0.3, 0.4) is 0 Å². The Hall–Kier alpha value is -4.54. The number of anilines is 1. The number of alkyl halides is 9. The minimum Gasteiger partial charge on any atom is -0.461 e. The fraction of sp³-hybridized carbons (Fsp3) is 0.578. The predicted octanol–water partition coefficient (Wildman–Crippen LogP) is 11.3. The van der Waals surface area contributed by atoms with Crippen LogP contribution in [0.1, 0.15) is 91.3 Å². The van der Waals surface area contributed by atoms with Crippen molar-refractivity contribution in [1.82, 2.24) is 25.2 Å². The fourth-order valence-electron chi connectivity index (χ4n) is 8.94. The third-order valence-electron chi connectivity index (χ3n) is 12.0. The van der Waals surface area contributed by atoms with Crippen LogP contribution in [-0.2, 0) is 11.2 Å². The normalized spacial score (nSPS) is 22.2. The van der Waals surface area contributed by atoms with E-state index < -0.39 is 54.0 Å². The van der Waals surface area contributed by atoms with E-state index in [4.69, 9.17) is 16.1 Å². The molecule has 19 heteroatoms.